The number of hydrogen-bond acceptors (Lipinski definition) is 3. The first kappa shape index (κ1) is 22.4. The molecule has 1 saturated carbocycles. The molecule has 28 heavy (non-hydrogen) atoms. The largest absolute Gasteiger partial charge is 0.486 e. The summed E-state index contributed by atoms with van der Waals surface area (Å²) in [6.07, 6.45) is 7.00. The Labute approximate surface area is 167 Å². The maximum atomic E-state index is 12.7. The van der Waals surface area contributed by atoms with Gasteiger partial charge in [0.05, 0.1) is 0 Å². The molecule has 0 saturated heterocycles. The predicted molar refractivity (Wildman–Crippen MR) is 106 cm³/mol. The number of unbranched alkanes of at least 4 members (excludes halogenated alkanes) is 1. The van der Waals surface area contributed by atoms with E-state index in [2.05, 4.69) is 30.8 Å². The Morgan fingerprint density at radius 1 is 1.18 bits per heavy atom. The molecule has 1 aromatic carbocycles. The van der Waals surface area contributed by atoms with E-state index in [1.165, 1.54) is 6.07 Å². The lowest BCUT2D eigenvalue weighted by atomic mass is 9.81. The third-order valence-corrected chi connectivity index (χ3v) is 5.27. The minimum absolute atomic E-state index is 0.0494. The van der Waals surface area contributed by atoms with Crippen molar-refractivity contribution in [2.24, 2.45) is 5.92 Å². The van der Waals surface area contributed by atoms with Crippen LogP contribution in [0.3, 0.4) is 0 Å². The highest BCUT2D eigenvalue weighted by Crippen LogP contribution is 2.37. The molecule has 0 radical (unpaired) electrons. The Morgan fingerprint density at radius 3 is 2.54 bits per heavy atom. The molecule has 1 atom stereocenters. The topological polar surface area (TPSA) is 47.6 Å². The number of carbonyl (C=O) groups is 1. The van der Waals surface area contributed by atoms with Crippen LogP contribution in [-0.4, -0.2) is 24.7 Å². The van der Waals surface area contributed by atoms with Crippen LogP contribution in [0.25, 0.3) is 0 Å². The zero-order valence-electron chi connectivity index (χ0n) is 17.2. The standard InChI is InChI=1S/C22H33F2NO3/c1-4-7-9-17(6-3)25-21(26)16-13-18(14-16)27-20-12-15(8-5-2)10-11-19(20)28-22(23)24/h10-12,16-18,22H,4-9,13-14H2,1-3H3,(H,25,26). The van der Waals surface area contributed by atoms with Crippen molar-refractivity contribution in [2.45, 2.75) is 90.9 Å². The van der Waals surface area contributed by atoms with Gasteiger partial charge in [0.15, 0.2) is 11.5 Å². The van der Waals surface area contributed by atoms with Crippen molar-refractivity contribution >= 4 is 5.91 Å². The van der Waals surface area contributed by atoms with Gasteiger partial charge in [0.25, 0.3) is 0 Å². The van der Waals surface area contributed by atoms with Crippen molar-refractivity contribution in [2.75, 3.05) is 0 Å². The van der Waals surface area contributed by atoms with Crippen LogP contribution in [-0.2, 0) is 11.2 Å². The highest BCUT2D eigenvalue weighted by atomic mass is 19.3. The summed E-state index contributed by atoms with van der Waals surface area (Å²) in [5.41, 5.74) is 1.02. The zero-order chi connectivity index (χ0) is 20.5. The van der Waals surface area contributed by atoms with E-state index in [0.29, 0.717) is 18.6 Å². The van der Waals surface area contributed by atoms with E-state index < -0.39 is 6.61 Å². The molecule has 0 aromatic heterocycles. The number of halogens is 2. The van der Waals surface area contributed by atoms with Gasteiger partial charge in [-0.05, 0) is 49.8 Å². The van der Waals surface area contributed by atoms with Crippen LogP contribution in [0.2, 0.25) is 0 Å². The fourth-order valence-electron chi connectivity index (χ4n) is 3.49. The van der Waals surface area contributed by atoms with Crippen molar-refractivity contribution in [1.82, 2.24) is 5.32 Å². The molecule has 4 nitrogen and oxygen atoms in total. The van der Waals surface area contributed by atoms with Crippen LogP contribution in [0.1, 0.15) is 71.3 Å². The molecule has 1 aliphatic rings. The van der Waals surface area contributed by atoms with Crippen molar-refractivity contribution in [1.29, 1.82) is 0 Å². The van der Waals surface area contributed by atoms with Gasteiger partial charge in [-0.15, -0.1) is 0 Å². The van der Waals surface area contributed by atoms with Gasteiger partial charge in [-0.1, -0.05) is 46.1 Å². The third kappa shape index (κ3) is 6.64. The average molecular weight is 398 g/mol. The van der Waals surface area contributed by atoms with Gasteiger partial charge in [0, 0.05) is 12.0 Å². The van der Waals surface area contributed by atoms with Crippen LogP contribution in [0.5, 0.6) is 11.5 Å². The number of benzene rings is 1. The Kier molecular flexibility index (Phi) is 9.00. The molecule has 0 aliphatic heterocycles. The van der Waals surface area contributed by atoms with Crippen molar-refractivity contribution in [3.63, 3.8) is 0 Å². The van der Waals surface area contributed by atoms with E-state index in [1.54, 1.807) is 12.1 Å². The Bertz CT molecular complexity index is 618. The molecule has 1 fully saturated rings. The average Bonchev–Trinajstić information content (AvgIpc) is 2.62. The fraction of sp³-hybridized carbons (Fsp3) is 0.682. The SMILES string of the molecule is CCCCC(CC)NC(=O)C1CC(Oc2cc(CCC)ccc2OC(F)F)C1. The quantitative estimate of drug-likeness (QED) is 0.508. The minimum Gasteiger partial charge on any atom is -0.486 e. The number of nitrogens with one attached hydrogen (secondary N) is 1. The van der Waals surface area contributed by atoms with E-state index in [4.69, 9.17) is 4.74 Å². The zero-order valence-corrected chi connectivity index (χ0v) is 17.2. The first-order valence-corrected chi connectivity index (χ1v) is 10.5. The lowest BCUT2D eigenvalue weighted by molar-refractivity contribution is -0.131. The van der Waals surface area contributed by atoms with Crippen LogP contribution < -0.4 is 14.8 Å². The van der Waals surface area contributed by atoms with Crippen LogP contribution in [0.4, 0.5) is 8.78 Å². The second-order valence-electron chi connectivity index (χ2n) is 7.57. The van der Waals surface area contributed by atoms with Crippen molar-refractivity contribution < 1.29 is 23.0 Å². The molecular weight excluding hydrogens is 364 g/mol. The lowest BCUT2D eigenvalue weighted by Crippen LogP contribution is -2.46. The summed E-state index contributed by atoms with van der Waals surface area (Å²) < 4.78 is 35.8. The number of carbonyl (C=O) groups excluding carboxylic acids is 1. The molecule has 1 aromatic rings. The maximum absolute atomic E-state index is 12.7. The molecule has 0 spiro atoms. The Morgan fingerprint density at radius 2 is 1.93 bits per heavy atom. The van der Waals surface area contributed by atoms with Gasteiger partial charge < -0.3 is 14.8 Å². The van der Waals surface area contributed by atoms with E-state index in [1.807, 2.05) is 0 Å². The molecule has 0 heterocycles. The highest BCUT2D eigenvalue weighted by Gasteiger charge is 2.37. The van der Waals surface area contributed by atoms with E-state index in [-0.39, 0.29) is 29.7 Å². The summed E-state index contributed by atoms with van der Waals surface area (Å²) in [6, 6.07) is 5.32. The number of rotatable bonds is 12. The van der Waals surface area contributed by atoms with Crippen LogP contribution in [0.15, 0.2) is 18.2 Å². The van der Waals surface area contributed by atoms with Gasteiger partial charge >= 0.3 is 6.61 Å². The fourth-order valence-corrected chi connectivity index (χ4v) is 3.49. The van der Waals surface area contributed by atoms with Crippen molar-refractivity contribution in [3.8, 4) is 11.5 Å². The summed E-state index contributed by atoms with van der Waals surface area (Å²) >= 11 is 0. The summed E-state index contributed by atoms with van der Waals surface area (Å²) in [7, 11) is 0. The second-order valence-corrected chi connectivity index (χ2v) is 7.57. The van der Waals surface area contributed by atoms with Gasteiger partial charge in [0.1, 0.15) is 6.10 Å². The van der Waals surface area contributed by atoms with Crippen molar-refractivity contribution in [3.05, 3.63) is 23.8 Å². The molecule has 1 N–H and O–H groups in total. The molecule has 1 unspecified atom stereocenters. The monoisotopic (exact) mass is 397 g/mol. The van der Waals surface area contributed by atoms with Crippen LogP contribution >= 0.6 is 0 Å². The van der Waals surface area contributed by atoms with Gasteiger partial charge in [-0.2, -0.15) is 8.78 Å². The normalized spacial score (nSPS) is 19.8. The Hall–Kier alpha value is -1.85. The van der Waals surface area contributed by atoms with Gasteiger partial charge in [0.2, 0.25) is 5.91 Å². The number of ether oxygens (including phenoxy) is 2. The first-order chi connectivity index (χ1) is 13.5. The number of alkyl halides is 2. The van der Waals surface area contributed by atoms with Gasteiger partial charge in [-0.25, -0.2) is 0 Å². The highest BCUT2D eigenvalue weighted by molar-refractivity contribution is 5.80. The Balaban J connectivity index is 1.90. The molecule has 158 valence electrons. The molecule has 1 amide bonds. The number of aryl methyl sites for hydroxylation is 1. The molecular formula is C22H33F2NO3. The summed E-state index contributed by atoms with van der Waals surface area (Å²) in [4.78, 5) is 12.4. The summed E-state index contributed by atoms with van der Waals surface area (Å²) in [5, 5.41) is 3.13. The number of amides is 1. The summed E-state index contributed by atoms with van der Waals surface area (Å²) in [6.45, 7) is 3.39. The second kappa shape index (κ2) is 11.2. The van der Waals surface area contributed by atoms with E-state index in [9.17, 15) is 13.6 Å². The molecule has 0 bridgehead atoms. The predicted octanol–water partition coefficient (Wildman–Crippen LogP) is 5.48. The molecule has 6 heteroatoms. The van der Waals surface area contributed by atoms with Crippen LogP contribution in [0, 0.1) is 5.92 Å². The smallest absolute Gasteiger partial charge is 0.387 e. The summed E-state index contributed by atoms with van der Waals surface area (Å²) in [5.74, 6) is 0.392. The third-order valence-electron chi connectivity index (χ3n) is 5.27. The maximum Gasteiger partial charge on any atom is 0.387 e. The first-order valence-electron chi connectivity index (χ1n) is 10.5. The number of hydrogen-bond donors (Lipinski definition) is 1. The van der Waals surface area contributed by atoms with E-state index in [0.717, 1.165) is 44.1 Å². The minimum atomic E-state index is -2.90. The van der Waals surface area contributed by atoms with Gasteiger partial charge in [-0.3, -0.25) is 4.79 Å². The van der Waals surface area contributed by atoms with E-state index >= 15 is 0 Å². The lowest BCUT2D eigenvalue weighted by Gasteiger charge is -2.35. The molecule has 1 aliphatic carbocycles. The molecule has 2 rings (SSSR count).